The van der Waals surface area contributed by atoms with E-state index in [1.807, 2.05) is 18.2 Å². The molecule has 150 valence electrons. The largest absolute Gasteiger partial charge is 0.454 e. The number of benzene rings is 1. The van der Waals surface area contributed by atoms with Crippen LogP contribution in [0.4, 0.5) is 0 Å². The minimum atomic E-state index is -0.640. The highest BCUT2D eigenvalue weighted by atomic mass is 16.6. The van der Waals surface area contributed by atoms with Crippen LogP contribution in [0.3, 0.4) is 0 Å². The van der Waals surface area contributed by atoms with Gasteiger partial charge < -0.3 is 14.4 Å². The van der Waals surface area contributed by atoms with E-state index in [1.54, 1.807) is 11.8 Å². The standard InChI is InChI=1S/C21H32N2O4/c1-17(2)9-14-26-18(3)21(25)27-16-20(24)23-12-10-22(11-13-23)15-19-7-5-4-6-8-19/h4-8,17-18H,9-16H2,1-3H3. The molecule has 1 amide bonds. The van der Waals surface area contributed by atoms with Crippen molar-refractivity contribution in [3.63, 3.8) is 0 Å². The normalized spacial score (nSPS) is 16.4. The lowest BCUT2D eigenvalue weighted by Crippen LogP contribution is -2.49. The maximum atomic E-state index is 12.3. The lowest BCUT2D eigenvalue weighted by molar-refractivity contribution is -0.161. The Balaban J connectivity index is 1.64. The van der Waals surface area contributed by atoms with Gasteiger partial charge in [0.15, 0.2) is 12.7 Å². The second-order valence-corrected chi connectivity index (χ2v) is 7.45. The average Bonchev–Trinajstić information content (AvgIpc) is 2.66. The van der Waals surface area contributed by atoms with Gasteiger partial charge in [0, 0.05) is 39.3 Å². The van der Waals surface area contributed by atoms with Crippen LogP contribution in [0, 0.1) is 5.92 Å². The van der Waals surface area contributed by atoms with Crippen LogP contribution in [0.1, 0.15) is 32.8 Å². The van der Waals surface area contributed by atoms with E-state index >= 15 is 0 Å². The maximum absolute atomic E-state index is 12.3. The molecule has 2 rings (SSSR count). The van der Waals surface area contributed by atoms with Gasteiger partial charge in [0.25, 0.3) is 5.91 Å². The molecule has 0 bridgehead atoms. The first-order valence-corrected chi connectivity index (χ1v) is 9.78. The zero-order chi connectivity index (χ0) is 19.6. The number of hydrogen-bond acceptors (Lipinski definition) is 5. The minimum Gasteiger partial charge on any atom is -0.454 e. The Labute approximate surface area is 162 Å². The van der Waals surface area contributed by atoms with Gasteiger partial charge in [-0.2, -0.15) is 0 Å². The predicted octanol–water partition coefficient (Wildman–Crippen LogP) is 2.33. The van der Waals surface area contributed by atoms with Crippen LogP contribution in [-0.2, 0) is 25.6 Å². The van der Waals surface area contributed by atoms with E-state index in [0.29, 0.717) is 25.6 Å². The Morgan fingerprint density at radius 1 is 1.04 bits per heavy atom. The molecule has 1 aliphatic heterocycles. The lowest BCUT2D eigenvalue weighted by atomic mass is 10.1. The summed E-state index contributed by atoms with van der Waals surface area (Å²) < 4.78 is 10.6. The third-order valence-corrected chi connectivity index (χ3v) is 4.71. The highest BCUT2D eigenvalue weighted by Crippen LogP contribution is 2.09. The molecule has 6 nitrogen and oxygen atoms in total. The fourth-order valence-corrected chi connectivity index (χ4v) is 2.89. The summed E-state index contributed by atoms with van der Waals surface area (Å²) in [6.45, 7) is 10.0. The van der Waals surface area contributed by atoms with E-state index in [-0.39, 0.29) is 12.5 Å². The zero-order valence-corrected chi connectivity index (χ0v) is 16.7. The first-order valence-electron chi connectivity index (χ1n) is 9.78. The van der Waals surface area contributed by atoms with Crippen LogP contribution >= 0.6 is 0 Å². The Bertz CT molecular complexity index is 583. The molecule has 27 heavy (non-hydrogen) atoms. The molecule has 1 unspecified atom stereocenters. The average molecular weight is 376 g/mol. The van der Waals surface area contributed by atoms with E-state index in [4.69, 9.17) is 9.47 Å². The molecule has 1 fully saturated rings. The van der Waals surface area contributed by atoms with Crippen LogP contribution in [0.25, 0.3) is 0 Å². The number of carbonyl (C=O) groups is 2. The Kier molecular flexibility index (Phi) is 8.75. The van der Waals surface area contributed by atoms with Crippen LogP contribution in [0.15, 0.2) is 30.3 Å². The summed E-state index contributed by atoms with van der Waals surface area (Å²) in [4.78, 5) is 28.3. The number of hydrogen-bond donors (Lipinski definition) is 0. The van der Waals surface area contributed by atoms with Crippen molar-refractivity contribution in [2.45, 2.75) is 39.8 Å². The number of amides is 1. The van der Waals surface area contributed by atoms with Crippen LogP contribution in [-0.4, -0.2) is 67.2 Å². The minimum absolute atomic E-state index is 0.142. The van der Waals surface area contributed by atoms with Crippen molar-refractivity contribution >= 4 is 11.9 Å². The molecule has 0 aliphatic carbocycles. The van der Waals surface area contributed by atoms with Crippen LogP contribution in [0.5, 0.6) is 0 Å². The summed E-state index contributed by atoms with van der Waals surface area (Å²) >= 11 is 0. The lowest BCUT2D eigenvalue weighted by Gasteiger charge is -2.34. The monoisotopic (exact) mass is 376 g/mol. The molecule has 1 aromatic rings. The molecule has 1 saturated heterocycles. The molecule has 1 heterocycles. The molecule has 0 radical (unpaired) electrons. The van der Waals surface area contributed by atoms with Gasteiger partial charge in [0.1, 0.15) is 0 Å². The summed E-state index contributed by atoms with van der Waals surface area (Å²) in [6, 6.07) is 10.3. The first kappa shape index (κ1) is 21.4. The molecule has 0 aromatic heterocycles. The summed E-state index contributed by atoms with van der Waals surface area (Å²) in [5.74, 6) is -0.0951. The SMILES string of the molecule is CC(C)CCOC(C)C(=O)OCC(=O)N1CCN(Cc2ccccc2)CC1. The van der Waals surface area contributed by atoms with Crippen molar-refractivity contribution in [3.05, 3.63) is 35.9 Å². The van der Waals surface area contributed by atoms with Crippen molar-refractivity contribution in [2.75, 3.05) is 39.4 Å². The predicted molar refractivity (Wildman–Crippen MR) is 104 cm³/mol. The molecule has 0 spiro atoms. The first-order chi connectivity index (χ1) is 13.0. The molecular weight excluding hydrogens is 344 g/mol. The maximum Gasteiger partial charge on any atom is 0.335 e. The second-order valence-electron chi connectivity index (χ2n) is 7.45. The topological polar surface area (TPSA) is 59.1 Å². The van der Waals surface area contributed by atoms with Crippen LogP contribution < -0.4 is 0 Å². The van der Waals surface area contributed by atoms with Gasteiger partial charge in [-0.05, 0) is 24.8 Å². The van der Waals surface area contributed by atoms with Crippen LogP contribution in [0.2, 0.25) is 0 Å². The van der Waals surface area contributed by atoms with Gasteiger partial charge in [0.05, 0.1) is 0 Å². The van der Waals surface area contributed by atoms with E-state index in [2.05, 4.69) is 30.9 Å². The molecule has 1 atom stereocenters. The molecular formula is C21H32N2O4. The summed E-state index contributed by atoms with van der Waals surface area (Å²) in [5.41, 5.74) is 1.28. The Hall–Kier alpha value is -1.92. The van der Waals surface area contributed by atoms with Crippen molar-refractivity contribution in [1.29, 1.82) is 0 Å². The smallest absolute Gasteiger partial charge is 0.335 e. The molecule has 0 saturated carbocycles. The Morgan fingerprint density at radius 2 is 1.70 bits per heavy atom. The molecule has 0 N–H and O–H groups in total. The molecule has 1 aromatic carbocycles. The van der Waals surface area contributed by atoms with Gasteiger partial charge in [-0.15, -0.1) is 0 Å². The van der Waals surface area contributed by atoms with Crippen molar-refractivity contribution < 1.29 is 19.1 Å². The summed E-state index contributed by atoms with van der Waals surface area (Å²) in [6.07, 6.45) is 0.253. The molecule has 6 heteroatoms. The zero-order valence-electron chi connectivity index (χ0n) is 16.7. The number of nitrogens with zero attached hydrogens (tertiary/aromatic N) is 2. The number of rotatable bonds is 9. The highest BCUT2D eigenvalue weighted by molar-refractivity contribution is 5.82. The quantitative estimate of drug-likeness (QED) is 0.619. The van der Waals surface area contributed by atoms with Gasteiger partial charge in [-0.25, -0.2) is 4.79 Å². The number of carbonyl (C=O) groups excluding carboxylic acids is 2. The van der Waals surface area contributed by atoms with Gasteiger partial charge in [-0.3, -0.25) is 9.69 Å². The van der Waals surface area contributed by atoms with Crippen molar-refractivity contribution in [2.24, 2.45) is 5.92 Å². The van der Waals surface area contributed by atoms with Crippen molar-refractivity contribution in [3.8, 4) is 0 Å². The Morgan fingerprint density at radius 3 is 2.33 bits per heavy atom. The number of piperazine rings is 1. The van der Waals surface area contributed by atoms with E-state index in [1.165, 1.54) is 5.56 Å². The van der Waals surface area contributed by atoms with E-state index in [0.717, 1.165) is 26.1 Å². The fourth-order valence-electron chi connectivity index (χ4n) is 2.89. The third kappa shape index (κ3) is 7.69. The highest BCUT2D eigenvalue weighted by Gasteiger charge is 2.23. The molecule has 1 aliphatic rings. The van der Waals surface area contributed by atoms with Crippen molar-refractivity contribution in [1.82, 2.24) is 9.80 Å². The van der Waals surface area contributed by atoms with Gasteiger partial charge >= 0.3 is 5.97 Å². The summed E-state index contributed by atoms with van der Waals surface area (Å²) in [7, 11) is 0. The number of ether oxygens (including phenoxy) is 2. The summed E-state index contributed by atoms with van der Waals surface area (Å²) in [5, 5.41) is 0. The second kappa shape index (κ2) is 11.0. The fraction of sp³-hybridized carbons (Fsp3) is 0.619. The van der Waals surface area contributed by atoms with E-state index < -0.39 is 12.1 Å². The number of esters is 1. The van der Waals surface area contributed by atoms with Gasteiger partial charge in [0.2, 0.25) is 0 Å². The third-order valence-electron chi connectivity index (χ3n) is 4.71. The van der Waals surface area contributed by atoms with E-state index in [9.17, 15) is 9.59 Å². The van der Waals surface area contributed by atoms with Gasteiger partial charge in [-0.1, -0.05) is 44.2 Å².